The number of halogens is 3. The molecule has 29 heavy (non-hydrogen) atoms. The van der Waals surface area contributed by atoms with Crippen LogP contribution in [0.25, 0.3) is 5.76 Å². The lowest BCUT2D eigenvalue weighted by Crippen LogP contribution is -2.29. The van der Waals surface area contributed by atoms with Crippen LogP contribution in [0.1, 0.15) is 17.2 Å². The van der Waals surface area contributed by atoms with E-state index in [1.54, 1.807) is 12.1 Å². The van der Waals surface area contributed by atoms with Crippen molar-refractivity contribution in [2.75, 3.05) is 4.90 Å². The minimum Gasteiger partial charge on any atom is -0.507 e. The molecule has 146 valence electrons. The lowest BCUT2D eigenvalue weighted by atomic mass is 9.95. The number of carbonyl (C=O) groups excluding carboxylic acids is 2. The van der Waals surface area contributed by atoms with Gasteiger partial charge in [-0.15, -0.1) is 10.2 Å². The quantitative estimate of drug-likeness (QED) is 0.358. The first kappa shape index (κ1) is 19.5. The molecule has 1 fully saturated rings. The molecule has 1 atom stereocenters. The molecule has 0 aliphatic carbocycles. The van der Waals surface area contributed by atoms with Crippen LogP contribution in [0.3, 0.4) is 0 Å². The summed E-state index contributed by atoms with van der Waals surface area (Å²) in [7, 11) is 0. The molecule has 1 amide bonds. The Hall–Kier alpha value is -2.81. The zero-order chi connectivity index (χ0) is 20.7. The number of rotatable bonds is 3. The molecule has 1 aliphatic heterocycles. The Balaban J connectivity index is 1.97. The first-order valence-corrected chi connectivity index (χ1v) is 9.80. The zero-order valence-electron chi connectivity index (χ0n) is 14.3. The van der Waals surface area contributed by atoms with Gasteiger partial charge >= 0.3 is 5.91 Å². The number of carbonyl (C=O) groups is 2. The fourth-order valence-corrected chi connectivity index (χ4v) is 4.18. The fourth-order valence-electron chi connectivity index (χ4n) is 3.08. The van der Waals surface area contributed by atoms with Crippen molar-refractivity contribution in [2.24, 2.45) is 0 Å². The Bertz CT molecular complexity index is 1150. The maximum absolute atomic E-state index is 13.3. The third-order valence-electron chi connectivity index (χ3n) is 4.37. The van der Waals surface area contributed by atoms with E-state index >= 15 is 0 Å². The smallest absolute Gasteiger partial charge is 0.301 e. The van der Waals surface area contributed by atoms with Crippen LogP contribution < -0.4 is 4.90 Å². The molecular formula is C19H10Cl2FN3O3S. The number of aliphatic hydroxyl groups is 1. The number of hydrogen-bond acceptors (Lipinski definition) is 6. The number of nitrogens with zero attached hydrogens (tertiary/aromatic N) is 3. The minimum atomic E-state index is -1.06. The average Bonchev–Trinajstić information content (AvgIpc) is 3.29. The highest BCUT2D eigenvalue weighted by Crippen LogP contribution is 2.44. The van der Waals surface area contributed by atoms with E-state index in [4.69, 9.17) is 23.2 Å². The Morgan fingerprint density at radius 2 is 1.86 bits per heavy atom. The van der Waals surface area contributed by atoms with Gasteiger partial charge in [0.1, 0.15) is 17.1 Å². The number of anilines is 1. The molecule has 1 saturated heterocycles. The van der Waals surface area contributed by atoms with E-state index in [2.05, 4.69) is 10.2 Å². The van der Waals surface area contributed by atoms with Gasteiger partial charge in [-0.1, -0.05) is 40.6 Å². The molecule has 1 N–H and O–H groups in total. The third kappa shape index (κ3) is 3.39. The van der Waals surface area contributed by atoms with Crippen molar-refractivity contribution in [3.63, 3.8) is 0 Å². The van der Waals surface area contributed by atoms with E-state index < -0.39 is 29.3 Å². The molecule has 0 bridgehead atoms. The highest BCUT2D eigenvalue weighted by atomic mass is 35.5. The Kier molecular flexibility index (Phi) is 5.08. The predicted octanol–water partition coefficient (Wildman–Crippen LogP) is 4.61. The highest BCUT2D eigenvalue weighted by Gasteiger charge is 2.48. The highest BCUT2D eigenvalue weighted by molar-refractivity contribution is 7.13. The molecule has 0 saturated carbocycles. The average molecular weight is 450 g/mol. The van der Waals surface area contributed by atoms with Crippen LogP contribution in [0, 0.1) is 5.82 Å². The number of amides is 1. The second-order valence-corrected chi connectivity index (χ2v) is 7.72. The topological polar surface area (TPSA) is 83.4 Å². The van der Waals surface area contributed by atoms with Crippen LogP contribution in [-0.2, 0) is 9.59 Å². The number of Topliss-reactive ketones (excluding diaryl/α,β-unsaturated/α-hetero) is 1. The lowest BCUT2D eigenvalue weighted by Gasteiger charge is -2.23. The van der Waals surface area contributed by atoms with E-state index in [0.717, 1.165) is 28.4 Å². The van der Waals surface area contributed by atoms with Crippen LogP contribution in [0.15, 0.2) is 53.5 Å². The van der Waals surface area contributed by atoms with Gasteiger partial charge in [0.05, 0.1) is 11.6 Å². The first-order chi connectivity index (χ1) is 13.9. The summed E-state index contributed by atoms with van der Waals surface area (Å²) in [5.41, 5.74) is 1.77. The van der Waals surface area contributed by atoms with Crippen molar-refractivity contribution in [1.29, 1.82) is 0 Å². The van der Waals surface area contributed by atoms with Crippen molar-refractivity contribution >= 4 is 57.1 Å². The molecule has 4 rings (SSSR count). The molecule has 1 unspecified atom stereocenters. The summed E-state index contributed by atoms with van der Waals surface area (Å²) >= 11 is 13.4. The summed E-state index contributed by atoms with van der Waals surface area (Å²) in [6, 6.07) is 8.43. The van der Waals surface area contributed by atoms with Gasteiger partial charge in [-0.3, -0.25) is 14.5 Å². The van der Waals surface area contributed by atoms with Gasteiger partial charge in [-0.05, 0) is 42.0 Å². The monoisotopic (exact) mass is 449 g/mol. The SMILES string of the molecule is O=C1C(=O)N(c2nncs2)C(c2ccc(Cl)cc2Cl)/C1=C(\O)c1ccc(F)cc1. The normalized spacial score (nSPS) is 18.4. The van der Waals surface area contributed by atoms with Gasteiger partial charge in [0.25, 0.3) is 5.78 Å². The van der Waals surface area contributed by atoms with Crippen molar-refractivity contribution < 1.29 is 19.1 Å². The van der Waals surface area contributed by atoms with Crippen molar-refractivity contribution in [2.45, 2.75) is 6.04 Å². The van der Waals surface area contributed by atoms with Gasteiger partial charge in [0.15, 0.2) is 0 Å². The molecule has 0 radical (unpaired) electrons. The summed E-state index contributed by atoms with van der Waals surface area (Å²) in [6.07, 6.45) is 0. The molecular weight excluding hydrogens is 440 g/mol. The zero-order valence-corrected chi connectivity index (χ0v) is 16.7. The van der Waals surface area contributed by atoms with E-state index in [1.807, 2.05) is 0 Å². The summed E-state index contributed by atoms with van der Waals surface area (Å²) < 4.78 is 13.3. The molecule has 10 heteroatoms. The maximum atomic E-state index is 13.3. The van der Waals surface area contributed by atoms with Gasteiger partial charge in [-0.2, -0.15) is 0 Å². The van der Waals surface area contributed by atoms with E-state index in [-0.39, 0.29) is 21.3 Å². The van der Waals surface area contributed by atoms with Crippen LogP contribution in [0.2, 0.25) is 10.0 Å². The summed E-state index contributed by atoms with van der Waals surface area (Å²) in [5, 5.41) is 19.2. The second kappa shape index (κ2) is 7.55. The van der Waals surface area contributed by atoms with Crippen molar-refractivity contribution in [1.82, 2.24) is 10.2 Å². The van der Waals surface area contributed by atoms with Gasteiger partial charge < -0.3 is 5.11 Å². The number of aromatic nitrogens is 2. The fraction of sp³-hybridized carbons (Fsp3) is 0.0526. The summed E-state index contributed by atoms with van der Waals surface area (Å²) in [4.78, 5) is 26.8. The van der Waals surface area contributed by atoms with Crippen LogP contribution in [0.4, 0.5) is 9.52 Å². The van der Waals surface area contributed by atoms with E-state index in [1.165, 1.54) is 23.7 Å². The molecule has 3 aromatic rings. The summed E-state index contributed by atoms with van der Waals surface area (Å²) in [5.74, 6) is -2.76. The summed E-state index contributed by atoms with van der Waals surface area (Å²) in [6.45, 7) is 0. The number of hydrogen-bond donors (Lipinski definition) is 1. The molecule has 1 aliphatic rings. The number of benzene rings is 2. The largest absolute Gasteiger partial charge is 0.507 e. The van der Waals surface area contributed by atoms with Crippen LogP contribution in [0.5, 0.6) is 0 Å². The van der Waals surface area contributed by atoms with E-state index in [0.29, 0.717) is 10.6 Å². The number of aliphatic hydroxyl groups excluding tert-OH is 1. The molecule has 2 aromatic carbocycles. The lowest BCUT2D eigenvalue weighted by molar-refractivity contribution is -0.132. The Morgan fingerprint density at radius 3 is 2.48 bits per heavy atom. The minimum absolute atomic E-state index is 0.168. The Morgan fingerprint density at radius 1 is 1.14 bits per heavy atom. The number of ketones is 1. The second-order valence-electron chi connectivity index (χ2n) is 6.06. The molecule has 0 spiro atoms. The van der Waals surface area contributed by atoms with Crippen LogP contribution in [-0.4, -0.2) is 27.0 Å². The third-order valence-corrected chi connectivity index (χ3v) is 5.63. The van der Waals surface area contributed by atoms with Crippen molar-refractivity contribution in [3.05, 3.63) is 80.5 Å². The Labute approximate surface area is 177 Å². The van der Waals surface area contributed by atoms with Gasteiger partial charge in [-0.25, -0.2) is 4.39 Å². The van der Waals surface area contributed by atoms with Crippen molar-refractivity contribution in [3.8, 4) is 0 Å². The first-order valence-electron chi connectivity index (χ1n) is 8.16. The standard InChI is InChI=1S/C19H10Cl2FN3O3S/c20-10-3-6-12(13(21)7-10)15-14(16(26)9-1-4-11(22)5-2-9)17(27)18(28)25(15)19-24-23-8-29-19/h1-8,15,26H/b16-14+. The predicted molar refractivity (Wildman–Crippen MR) is 108 cm³/mol. The maximum Gasteiger partial charge on any atom is 0.301 e. The molecule has 1 aromatic heterocycles. The molecule has 2 heterocycles. The molecule has 6 nitrogen and oxygen atoms in total. The van der Waals surface area contributed by atoms with E-state index in [9.17, 15) is 19.1 Å². The van der Waals surface area contributed by atoms with Crippen LogP contribution >= 0.6 is 34.5 Å². The van der Waals surface area contributed by atoms with Gasteiger partial charge in [0.2, 0.25) is 5.13 Å². The van der Waals surface area contributed by atoms with Gasteiger partial charge in [0, 0.05) is 15.6 Å².